The van der Waals surface area contributed by atoms with E-state index in [1.165, 1.54) is 17.8 Å². The summed E-state index contributed by atoms with van der Waals surface area (Å²) >= 11 is 1.27. The third-order valence-corrected chi connectivity index (χ3v) is 4.27. The third-order valence-electron chi connectivity index (χ3n) is 3.33. The predicted molar refractivity (Wildman–Crippen MR) is 104 cm³/mol. The van der Waals surface area contributed by atoms with Crippen molar-refractivity contribution >= 4 is 29.7 Å². The zero-order chi connectivity index (χ0) is 18.6. The number of ether oxygens (including phenoxy) is 1. The molecule has 0 fully saturated rings. The molecule has 1 amide bonds. The number of amides is 1. The molecule has 0 unspecified atom stereocenters. The summed E-state index contributed by atoms with van der Waals surface area (Å²) in [5.41, 5.74) is 2.00. The molecule has 0 atom stereocenters. The smallest absolute Gasteiger partial charge is 0.313 e. The molecule has 0 aromatic heterocycles. The zero-order valence-corrected chi connectivity index (χ0v) is 15.1. The summed E-state index contributed by atoms with van der Waals surface area (Å²) in [4.78, 5) is 22.1. The Hall–Kier alpha value is -2.73. The number of carboxylic acid groups (broad SMARTS) is 1. The molecule has 0 bridgehead atoms. The van der Waals surface area contributed by atoms with Crippen LogP contribution in [0.2, 0.25) is 0 Å². The van der Waals surface area contributed by atoms with Crippen molar-refractivity contribution in [3.63, 3.8) is 0 Å². The van der Waals surface area contributed by atoms with Crippen LogP contribution in [0.1, 0.15) is 11.1 Å². The van der Waals surface area contributed by atoms with Gasteiger partial charge in [-0.25, -0.2) is 0 Å². The van der Waals surface area contributed by atoms with Gasteiger partial charge in [0.05, 0.1) is 5.75 Å². The predicted octanol–water partition coefficient (Wildman–Crippen LogP) is 3.21. The fourth-order valence-corrected chi connectivity index (χ4v) is 2.62. The lowest BCUT2D eigenvalue weighted by Crippen LogP contribution is -2.23. The minimum absolute atomic E-state index is 0.0460. The maximum absolute atomic E-state index is 11.7. The van der Waals surface area contributed by atoms with Gasteiger partial charge in [-0.3, -0.25) is 9.59 Å². The molecule has 0 saturated heterocycles. The molecular formula is C20H21NO4S. The van der Waals surface area contributed by atoms with Crippen molar-refractivity contribution in [3.05, 3.63) is 71.8 Å². The highest BCUT2D eigenvalue weighted by Gasteiger charge is 1.99. The van der Waals surface area contributed by atoms with Gasteiger partial charge >= 0.3 is 5.97 Å². The lowest BCUT2D eigenvalue weighted by atomic mass is 10.2. The van der Waals surface area contributed by atoms with Gasteiger partial charge in [-0.15, -0.1) is 11.8 Å². The number of carbonyl (C=O) groups excluding carboxylic acids is 1. The van der Waals surface area contributed by atoms with E-state index >= 15 is 0 Å². The summed E-state index contributed by atoms with van der Waals surface area (Å²) in [7, 11) is 0. The number of hydrogen-bond acceptors (Lipinski definition) is 4. The Morgan fingerprint density at radius 3 is 2.50 bits per heavy atom. The highest BCUT2D eigenvalue weighted by Crippen LogP contribution is 2.15. The second-order valence-corrected chi connectivity index (χ2v) is 6.52. The van der Waals surface area contributed by atoms with E-state index in [9.17, 15) is 9.59 Å². The third kappa shape index (κ3) is 7.90. The lowest BCUT2D eigenvalue weighted by molar-refractivity contribution is -0.133. The molecule has 26 heavy (non-hydrogen) atoms. The van der Waals surface area contributed by atoms with Crippen LogP contribution in [0.3, 0.4) is 0 Å². The van der Waals surface area contributed by atoms with Crippen molar-refractivity contribution in [2.45, 2.75) is 6.61 Å². The molecule has 5 nitrogen and oxygen atoms in total. The minimum Gasteiger partial charge on any atom is -0.489 e. The topological polar surface area (TPSA) is 75.6 Å². The summed E-state index contributed by atoms with van der Waals surface area (Å²) in [5, 5.41) is 11.2. The number of hydrogen-bond donors (Lipinski definition) is 2. The van der Waals surface area contributed by atoms with Gasteiger partial charge in [-0.2, -0.15) is 0 Å². The Morgan fingerprint density at radius 1 is 1.08 bits per heavy atom. The first-order valence-corrected chi connectivity index (χ1v) is 9.31. The first-order valence-electron chi connectivity index (χ1n) is 8.16. The molecule has 0 radical (unpaired) electrons. The summed E-state index contributed by atoms with van der Waals surface area (Å²) < 4.78 is 5.72. The van der Waals surface area contributed by atoms with Gasteiger partial charge in [-0.1, -0.05) is 42.5 Å². The molecule has 136 valence electrons. The molecule has 0 aliphatic heterocycles. The van der Waals surface area contributed by atoms with Crippen molar-refractivity contribution in [2.75, 3.05) is 18.1 Å². The fraction of sp³-hybridized carbons (Fsp3) is 0.200. The Balaban J connectivity index is 1.71. The zero-order valence-electron chi connectivity index (χ0n) is 14.3. The first kappa shape index (κ1) is 19.6. The monoisotopic (exact) mass is 371 g/mol. The van der Waals surface area contributed by atoms with Crippen LogP contribution in [0.5, 0.6) is 5.75 Å². The molecule has 0 aliphatic carbocycles. The van der Waals surface area contributed by atoms with E-state index in [0.717, 1.165) is 16.9 Å². The van der Waals surface area contributed by atoms with Gasteiger partial charge in [-0.05, 0) is 29.3 Å². The van der Waals surface area contributed by atoms with Crippen molar-refractivity contribution < 1.29 is 19.4 Å². The normalized spacial score (nSPS) is 10.6. The van der Waals surface area contributed by atoms with Gasteiger partial charge in [0.25, 0.3) is 0 Å². The molecule has 0 heterocycles. The minimum atomic E-state index is -0.850. The number of thioether (sulfide) groups is 1. The van der Waals surface area contributed by atoms with E-state index in [1.54, 1.807) is 6.08 Å². The number of nitrogens with one attached hydrogen (secondary N) is 1. The Morgan fingerprint density at radius 2 is 1.81 bits per heavy atom. The van der Waals surface area contributed by atoms with Crippen LogP contribution in [0.4, 0.5) is 0 Å². The van der Waals surface area contributed by atoms with E-state index in [4.69, 9.17) is 9.84 Å². The second-order valence-electron chi connectivity index (χ2n) is 5.41. The SMILES string of the molecule is O=C(O)CSCCNC(=O)/C=C/c1ccc(OCc2ccccc2)cc1. The van der Waals surface area contributed by atoms with Gasteiger partial charge in [0, 0.05) is 18.4 Å². The molecule has 2 aromatic rings. The van der Waals surface area contributed by atoms with E-state index in [0.29, 0.717) is 18.9 Å². The largest absolute Gasteiger partial charge is 0.489 e. The molecule has 2 rings (SSSR count). The van der Waals surface area contributed by atoms with Gasteiger partial charge in [0.1, 0.15) is 12.4 Å². The maximum Gasteiger partial charge on any atom is 0.313 e. The van der Waals surface area contributed by atoms with E-state index in [-0.39, 0.29) is 11.7 Å². The molecule has 0 saturated carbocycles. The number of carbonyl (C=O) groups is 2. The number of aliphatic carboxylic acids is 1. The number of carboxylic acids is 1. The van der Waals surface area contributed by atoms with Crippen LogP contribution in [0.15, 0.2) is 60.7 Å². The molecule has 0 spiro atoms. The van der Waals surface area contributed by atoms with Crippen molar-refractivity contribution in [3.8, 4) is 5.75 Å². The summed E-state index contributed by atoms with van der Waals surface area (Å²) in [6.45, 7) is 0.950. The van der Waals surface area contributed by atoms with Crippen molar-refractivity contribution in [1.82, 2.24) is 5.32 Å². The van der Waals surface area contributed by atoms with Crippen LogP contribution >= 0.6 is 11.8 Å². The Labute approximate surface area is 157 Å². The quantitative estimate of drug-likeness (QED) is 0.495. The highest BCUT2D eigenvalue weighted by molar-refractivity contribution is 7.99. The van der Waals surface area contributed by atoms with Crippen LogP contribution in [-0.4, -0.2) is 35.0 Å². The Kier molecular flexibility index (Phi) is 8.29. The average Bonchev–Trinajstić information content (AvgIpc) is 2.66. The van der Waals surface area contributed by atoms with E-state index < -0.39 is 5.97 Å². The van der Waals surface area contributed by atoms with Crippen molar-refractivity contribution in [1.29, 1.82) is 0 Å². The summed E-state index contributed by atoms with van der Waals surface area (Å²) in [6, 6.07) is 17.4. The summed E-state index contributed by atoms with van der Waals surface area (Å²) in [5.74, 6) is 0.331. The van der Waals surface area contributed by atoms with Crippen molar-refractivity contribution in [2.24, 2.45) is 0 Å². The van der Waals surface area contributed by atoms with Gasteiger partial charge in [0.15, 0.2) is 0 Å². The molecule has 0 aliphatic rings. The van der Waals surface area contributed by atoms with E-state index in [1.807, 2.05) is 54.6 Å². The Bertz CT molecular complexity index is 729. The number of rotatable bonds is 10. The van der Waals surface area contributed by atoms with Crippen LogP contribution in [0, 0.1) is 0 Å². The maximum atomic E-state index is 11.7. The second kappa shape index (κ2) is 11.0. The molecular weight excluding hydrogens is 350 g/mol. The highest BCUT2D eigenvalue weighted by atomic mass is 32.2. The molecule has 6 heteroatoms. The van der Waals surface area contributed by atoms with Gasteiger partial charge < -0.3 is 15.2 Å². The standard InChI is InChI=1S/C20H21NO4S/c22-19(21-12-13-26-15-20(23)24)11-8-16-6-9-18(10-7-16)25-14-17-4-2-1-3-5-17/h1-11H,12-15H2,(H,21,22)(H,23,24)/b11-8+. The van der Waals surface area contributed by atoms with Crippen LogP contribution in [0.25, 0.3) is 6.08 Å². The van der Waals surface area contributed by atoms with Crippen LogP contribution in [-0.2, 0) is 16.2 Å². The fourth-order valence-electron chi connectivity index (χ4n) is 2.05. The summed E-state index contributed by atoms with van der Waals surface area (Å²) in [6.07, 6.45) is 3.18. The molecule has 2 aromatic carbocycles. The molecule has 2 N–H and O–H groups in total. The van der Waals surface area contributed by atoms with Gasteiger partial charge in [0.2, 0.25) is 5.91 Å². The number of benzene rings is 2. The van der Waals surface area contributed by atoms with E-state index in [2.05, 4.69) is 5.32 Å². The average molecular weight is 371 g/mol. The first-order chi connectivity index (χ1) is 12.6. The van der Waals surface area contributed by atoms with Crippen LogP contribution < -0.4 is 10.1 Å². The lowest BCUT2D eigenvalue weighted by Gasteiger charge is -2.06.